The van der Waals surface area contributed by atoms with Gasteiger partial charge < -0.3 is 10.3 Å². The van der Waals surface area contributed by atoms with Crippen molar-refractivity contribution >= 4 is 5.91 Å². The van der Waals surface area contributed by atoms with Crippen molar-refractivity contribution in [2.24, 2.45) is 5.92 Å². The van der Waals surface area contributed by atoms with E-state index < -0.39 is 5.92 Å². The molecule has 1 heterocycles. The molecule has 2 rings (SSSR count). The van der Waals surface area contributed by atoms with Gasteiger partial charge in [-0.2, -0.15) is 5.26 Å². The van der Waals surface area contributed by atoms with Gasteiger partial charge >= 0.3 is 0 Å². The lowest BCUT2D eigenvalue weighted by Gasteiger charge is -2.09. The van der Waals surface area contributed by atoms with Crippen LogP contribution in [0.4, 0.5) is 0 Å². The molecule has 5 nitrogen and oxygen atoms in total. The summed E-state index contributed by atoms with van der Waals surface area (Å²) in [6, 6.07) is 11.6. The summed E-state index contributed by atoms with van der Waals surface area (Å²) in [4.78, 5) is 19.0. The number of hydrogen-bond donors (Lipinski definition) is 2. The number of carbonyl (C=O) groups is 1. The number of rotatable bonds is 6. The maximum absolute atomic E-state index is 11.9. The van der Waals surface area contributed by atoms with Crippen molar-refractivity contribution in [2.75, 3.05) is 6.54 Å². The molecule has 0 bridgehead atoms. The predicted octanol–water partition coefficient (Wildman–Crippen LogP) is 1.45. The van der Waals surface area contributed by atoms with E-state index in [0.717, 1.165) is 11.4 Å². The number of imidazole rings is 1. The molecule has 1 aromatic heterocycles. The zero-order valence-electron chi connectivity index (χ0n) is 11.0. The molecule has 0 aliphatic rings. The standard InChI is InChI=1S/C15H16N4O/c16-11-13(10-12-4-2-1-3-5-12)15(20)19-7-6-14-17-8-9-18-14/h1-5,8-9,13H,6-7,10H2,(H,17,18)(H,19,20). The second kappa shape index (κ2) is 7.10. The van der Waals surface area contributed by atoms with Gasteiger partial charge in [0.15, 0.2) is 0 Å². The van der Waals surface area contributed by atoms with Crippen molar-refractivity contribution in [1.82, 2.24) is 15.3 Å². The molecule has 5 heteroatoms. The molecule has 0 aliphatic heterocycles. The van der Waals surface area contributed by atoms with E-state index in [1.54, 1.807) is 12.4 Å². The van der Waals surface area contributed by atoms with E-state index in [0.29, 0.717) is 19.4 Å². The summed E-state index contributed by atoms with van der Waals surface area (Å²) in [5, 5.41) is 11.9. The predicted molar refractivity (Wildman–Crippen MR) is 74.6 cm³/mol. The minimum Gasteiger partial charge on any atom is -0.355 e. The van der Waals surface area contributed by atoms with Crippen LogP contribution in [0.15, 0.2) is 42.7 Å². The molecule has 2 aromatic rings. The van der Waals surface area contributed by atoms with Crippen LogP contribution >= 0.6 is 0 Å². The summed E-state index contributed by atoms with van der Waals surface area (Å²) in [6.45, 7) is 0.472. The number of H-pyrrole nitrogens is 1. The molecule has 1 unspecified atom stereocenters. The average Bonchev–Trinajstić information content (AvgIpc) is 2.99. The van der Waals surface area contributed by atoms with Crippen molar-refractivity contribution in [3.63, 3.8) is 0 Å². The van der Waals surface area contributed by atoms with Gasteiger partial charge in [0, 0.05) is 25.4 Å². The van der Waals surface area contributed by atoms with Crippen molar-refractivity contribution < 1.29 is 4.79 Å². The highest BCUT2D eigenvalue weighted by Crippen LogP contribution is 2.08. The number of benzene rings is 1. The fourth-order valence-electron chi connectivity index (χ4n) is 1.91. The first-order chi connectivity index (χ1) is 9.79. The number of nitriles is 1. The Kier molecular flexibility index (Phi) is 4.90. The van der Waals surface area contributed by atoms with Crippen LogP contribution in [0, 0.1) is 17.2 Å². The Bertz CT molecular complexity index is 572. The van der Waals surface area contributed by atoms with Crippen LogP contribution in [0.3, 0.4) is 0 Å². The Hall–Kier alpha value is -2.61. The van der Waals surface area contributed by atoms with Gasteiger partial charge in [0.2, 0.25) is 5.91 Å². The molecule has 0 saturated carbocycles. The minimum absolute atomic E-state index is 0.233. The Labute approximate surface area is 117 Å². The van der Waals surface area contributed by atoms with E-state index in [1.165, 1.54) is 0 Å². The van der Waals surface area contributed by atoms with Crippen molar-refractivity contribution in [3.05, 3.63) is 54.1 Å². The SMILES string of the molecule is N#CC(Cc1ccccc1)C(=O)NCCc1ncc[nH]1. The molecule has 0 saturated heterocycles. The summed E-state index contributed by atoms with van der Waals surface area (Å²) < 4.78 is 0. The lowest BCUT2D eigenvalue weighted by molar-refractivity contribution is -0.123. The third-order valence-corrected chi connectivity index (χ3v) is 2.97. The van der Waals surface area contributed by atoms with Crippen LogP contribution in [-0.2, 0) is 17.6 Å². The third-order valence-electron chi connectivity index (χ3n) is 2.97. The minimum atomic E-state index is -0.658. The Morgan fingerprint density at radius 3 is 2.85 bits per heavy atom. The summed E-state index contributed by atoms with van der Waals surface area (Å²) >= 11 is 0. The first kappa shape index (κ1) is 13.8. The molecule has 1 atom stereocenters. The molecular weight excluding hydrogens is 252 g/mol. The van der Waals surface area contributed by atoms with E-state index in [4.69, 9.17) is 5.26 Å². The highest BCUT2D eigenvalue weighted by atomic mass is 16.1. The van der Waals surface area contributed by atoms with Crippen LogP contribution in [0.25, 0.3) is 0 Å². The van der Waals surface area contributed by atoms with Gasteiger partial charge in [-0.05, 0) is 12.0 Å². The third kappa shape index (κ3) is 3.95. The van der Waals surface area contributed by atoms with Crippen LogP contribution in [0.2, 0.25) is 0 Å². The summed E-state index contributed by atoms with van der Waals surface area (Å²) in [5.41, 5.74) is 0.986. The average molecular weight is 268 g/mol. The normalized spacial score (nSPS) is 11.6. The van der Waals surface area contributed by atoms with Crippen LogP contribution in [0.5, 0.6) is 0 Å². The molecule has 2 N–H and O–H groups in total. The molecule has 0 radical (unpaired) electrons. The lowest BCUT2D eigenvalue weighted by Crippen LogP contribution is -2.32. The first-order valence-corrected chi connectivity index (χ1v) is 6.49. The quantitative estimate of drug-likeness (QED) is 0.832. The molecule has 102 valence electrons. The zero-order valence-corrected chi connectivity index (χ0v) is 11.0. The highest BCUT2D eigenvalue weighted by Gasteiger charge is 2.17. The zero-order chi connectivity index (χ0) is 14.2. The summed E-state index contributed by atoms with van der Waals surface area (Å²) in [6.07, 6.45) is 4.47. The highest BCUT2D eigenvalue weighted by molar-refractivity contribution is 5.81. The number of nitrogens with zero attached hydrogens (tertiary/aromatic N) is 2. The van der Waals surface area contributed by atoms with E-state index in [-0.39, 0.29) is 5.91 Å². The Morgan fingerprint density at radius 2 is 2.20 bits per heavy atom. The number of nitrogens with one attached hydrogen (secondary N) is 2. The molecule has 0 spiro atoms. The fourth-order valence-corrected chi connectivity index (χ4v) is 1.91. The number of aromatic amines is 1. The molecule has 1 amide bonds. The summed E-state index contributed by atoms with van der Waals surface area (Å²) in [5.74, 6) is -0.0706. The maximum atomic E-state index is 11.9. The van der Waals surface area contributed by atoms with Crippen LogP contribution in [0.1, 0.15) is 11.4 Å². The fraction of sp³-hybridized carbons (Fsp3) is 0.267. The van der Waals surface area contributed by atoms with Crippen molar-refractivity contribution in [2.45, 2.75) is 12.8 Å². The maximum Gasteiger partial charge on any atom is 0.237 e. The van der Waals surface area contributed by atoms with E-state index in [9.17, 15) is 4.79 Å². The molecule has 20 heavy (non-hydrogen) atoms. The number of amides is 1. The molecule has 0 aliphatic carbocycles. The first-order valence-electron chi connectivity index (χ1n) is 6.49. The number of carbonyl (C=O) groups excluding carboxylic acids is 1. The van der Waals surface area contributed by atoms with Crippen LogP contribution in [-0.4, -0.2) is 22.4 Å². The topological polar surface area (TPSA) is 81.6 Å². The lowest BCUT2D eigenvalue weighted by atomic mass is 10.00. The molecule has 1 aromatic carbocycles. The monoisotopic (exact) mass is 268 g/mol. The molecular formula is C15H16N4O. The Balaban J connectivity index is 1.82. The smallest absolute Gasteiger partial charge is 0.237 e. The largest absolute Gasteiger partial charge is 0.355 e. The molecule has 0 fully saturated rings. The number of hydrogen-bond acceptors (Lipinski definition) is 3. The van der Waals surface area contributed by atoms with E-state index >= 15 is 0 Å². The van der Waals surface area contributed by atoms with E-state index in [2.05, 4.69) is 21.4 Å². The summed E-state index contributed by atoms with van der Waals surface area (Å²) in [7, 11) is 0. The van der Waals surface area contributed by atoms with Crippen LogP contribution < -0.4 is 5.32 Å². The second-order valence-electron chi connectivity index (χ2n) is 4.45. The van der Waals surface area contributed by atoms with Gasteiger partial charge in [0.25, 0.3) is 0 Å². The van der Waals surface area contributed by atoms with Gasteiger partial charge in [-0.25, -0.2) is 4.98 Å². The van der Waals surface area contributed by atoms with Gasteiger partial charge in [0.1, 0.15) is 11.7 Å². The Morgan fingerprint density at radius 1 is 1.40 bits per heavy atom. The van der Waals surface area contributed by atoms with E-state index in [1.807, 2.05) is 30.3 Å². The number of aromatic nitrogens is 2. The van der Waals surface area contributed by atoms with Gasteiger partial charge in [-0.1, -0.05) is 30.3 Å². The van der Waals surface area contributed by atoms with Crippen molar-refractivity contribution in [1.29, 1.82) is 5.26 Å². The van der Waals surface area contributed by atoms with Crippen molar-refractivity contribution in [3.8, 4) is 6.07 Å². The second-order valence-corrected chi connectivity index (χ2v) is 4.45. The van der Waals surface area contributed by atoms with Gasteiger partial charge in [-0.15, -0.1) is 0 Å². The van der Waals surface area contributed by atoms with Gasteiger partial charge in [-0.3, -0.25) is 4.79 Å². The van der Waals surface area contributed by atoms with Gasteiger partial charge in [0.05, 0.1) is 6.07 Å².